The smallest absolute Gasteiger partial charge is 0.306 e. The molecule has 2 aromatic carbocycles. The average molecular weight is 551 g/mol. The van der Waals surface area contributed by atoms with Gasteiger partial charge in [-0.25, -0.2) is 0 Å². The van der Waals surface area contributed by atoms with Gasteiger partial charge in [0.25, 0.3) is 0 Å². The molecule has 3 aliphatic heterocycles. The molecule has 212 valence electrons. The molecule has 0 aliphatic carbocycles. The van der Waals surface area contributed by atoms with E-state index < -0.39 is 18.0 Å². The number of piperidine rings is 3. The summed E-state index contributed by atoms with van der Waals surface area (Å²) in [4.78, 5) is 18.5. The van der Waals surface area contributed by atoms with Gasteiger partial charge in [-0.05, 0) is 79.5 Å². The summed E-state index contributed by atoms with van der Waals surface area (Å²) in [5.74, 6) is 7.09. The third-order valence-corrected chi connectivity index (χ3v) is 8.76. The van der Waals surface area contributed by atoms with Gasteiger partial charge in [0.1, 0.15) is 5.75 Å². The number of ether oxygens (including phenoxy) is 1. The van der Waals surface area contributed by atoms with Gasteiger partial charge in [0.05, 0.1) is 24.6 Å². The van der Waals surface area contributed by atoms with E-state index in [2.05, 4.69) is 41.0 Å². The van der Waals surface area contributed by atoms with E-state index in [-0.39, 0.29) is 6.04 Å². The Morgan fingerprint density at radius 3 is 2.71 bits per heavy atom. The Bertz CT molecular complexity index is 1530. The highest BCUT2D eigenvalue weighted by molar-refractivity contribution is 5.86. The number of nitrogens with zero attached hydrogens (tertiary/aromatic N) is 2. The lowest BCUT2D eigenvalue weighted by molar-refractivity contribution is -0.141. The van der Waals surface area contributed by atoms with Gasteiger partial charge in [-0.15, -0.1) is 13.2 Å². The Kier molecular flexibility index (Phi) is 8.58. The van der Waals surface area contributed by atoms with E-state index in [1.54, 1.807) is 20.2 Å². The number of fused-ring (bicyclic) bond motifs is 4. The van der Waals surface area contributed by atoms with Crippen molar-refractivity contribution in [1.82, 2.24) is 9.88 Å². The number of pyridine rings is 1. The normalized spacial score (nSPS) is 22.8. The zero-order valence-corrected chi connectivity index (χ0v) is 23.8. The van der Waals surface area contributed by atoms with Crippen molar-refractivity contribution in [3.8, 4) is 17.6 Å². The molecule has 3 aromatic rings. The first-order chi connectivity index (χ1) is 19.8. The minimum Gasteiger partial charge on any atom is -0.497 e. The van der Waals surface area contributed by atoms with Crippen LogP contribution in [0.1, 0.15) is 53.7 Å². The number of aromatic nitrogens is 1. The molecule has 6 heteroatoms. The van der Waals surface area contributed by atoms with Crippen LogP contribution in [0.15, 0.2) is 67.9 Å². The van der Waals surface area contributed by atoms with Crippen LogP contribution in [-0.2, 0) is 17.6 Å². The summed E-state index contributed by atoms with van der Waals surface area (Å²) in [6, 6.07) is 11.6. The molecule has 4 heterocycles. The van der Waals surface area contributed by atoms with Crippen LogP contribution < -0.4 is 4.74 Å². The molecule has 3 unspecified atom stereocenters. The van der Waals surface area contributed by atoms with E-state index in [1.807, 2.05) is 42.5 Å². The van der Waals surface area contributed by atoms with E-state index in [0.717, 1.165) is 59.1 Å². The third kappa shape index (κ3) is 5.93. The maximum absolute atomic E-state index is 12.0. The second kappa shape index (κ2) is 12.3. The molecule has 0 radical (unpaired) electrons. The van der Waals surface area contributed by atoms with Crippen molar-refractivity contribution in [3.63, 3.8) is 0 Å². The first kappa shape index (κ1) is 28.6. The van der Waals surface area contributed by atoms with Gasteiger partial charge in [-0.1, -0.05) is 43.0 Å². The summed E-state index contributed by atoms with van der Waals surface area (Å²) >= 11 is 0. The second-order valence-corrected chi connectivity index (χ2v) is 11.3. The molecule has 3 saturated heterocycles. The Balaban J connectivity index is 1.56. The standard InChI is InChI=1S/C35H38N2O4/c1-5-7-26-17-23(16-22(3)35(39)40)8-9-25(26)10-11-28-20-36-31-13-12-29(41-4)19-30(31)33(28)34(38)32-18-27-14-15-37(32)21-24(27)6-2/h5-6,8-9,12-13,17,19-20,22,24,27,32,34,38H,1-2,7,14-16,18,21H2,3-4H3,(H,39,40)/t22?,24-,27?,32-,34-/m0/s1. The number of carbonyl (C=O) groups is 1. The molecular weight excluding hydrogens is 512 g/mol. The number of hydrogen-bond acceptors (Lipinski definition) is 5. The Hall–Kier alpha value is -3.92. The fourth-order valence-electron chi connectivity index (χ4n) is 6.43. The third-order valence-electron chi connectivity index (χ3n) is 8.76. The number of methoxy groups -OCH3 is 1. The van der Waals surface area contributed by atoms with Crippen LogP contribution in [0.5, 0.6) is 5.75 Å². The summed E-state index contributed by atoms with van der Waals surface area (Å²) in [6.07, 6.45) is 8.03. The topological polar surface area (TPSA) is 82.9 Å². The largest absolute Gasteiger partial charge is 0.497 e. The molecule has 6 atom stereocenters. The van der Waals surface area contributed by atoms with Crippen molar-refractivity contribution in [1.29, 1.82) is 0 Å². The SMILES string of the molecule is C=CCc1cc(CC(C)C(=O)O)ccc1C#Cc1cnc2ccc(OC)cc2c1[C@@H](O)[C@@H]1CC2CCN1C[C@@H]2C=C. The average Bonchev–Trinajstić information content (AvgIpc) is 2.99. The van der Waals surface area contributed by atoms with Gasteiger partial charge >= 0.3 is 5.97 Å². The van der Waals surface area contributed by atoms with Gasteiger partial charge in [-0.3, -0.25) is 14.7 Å². The molecule has 0 saturated carbocycles. The number of carboxylic acids is 1. The van der Waals surface area contributed by atoms with Crippen molar-refractivity contribution in [2.75, 3.05) is 20.2 Å². The predicted octanol–water partition coefficient (Wildman–Crippen LogP) is 5.56. The molecular formula is C35H38N2O4. The quantitative estimate of drug-likeness (QED) is 0.268. The lowest BCUT2D eigenvalue weighted by atomic mass is 9.73. The van der Waals surface area contributed by atoms with Gasteiger partial charge in [0, 0.05) is 40.9 Å². The van der Waals surface area contributed by atoms with Crippen LogP contribution >= 0.6 is 0 Å². The fourth-order valence-corrected chi connectivity index (χ4v) is 6.43. The maximum Gasteiger partial charge on any atom is 0.306 e. The summed E-state index contributed by atoms with van der Waals surface area (Å²) in [5, 5.41) is 22.2. The van der Waals surface area contributed by atoms with Crippen LogP contribution in [-0.4, -0.2) is 52.3 Å². The summed E-state index contributed by atoms with van der Waals surface area (Å²) in [6.45, 7) is 11.5. The van der Waals surface area contributed by atoms with Gasteiger partial charge in [-0.2, -0.15) is 0 Å². The van der Waals surface area contributed by atoms with Crippen LogP contribution in [0.2, 0.25) is 0 Å². The molecule has 3 aliphatic rings. The van der Waals surface area contributed by atoms with Crippen molar-refractivity contribution in [2.45, 2.75) is 44.8 Å². The number of benzene rings is 2. The highest BCUT2D eigenvalue weighted by Gasteiger charge is 2.42. The summed E-state index contributed by atoms with van der Waals surface area (Å²) in [5.41, 5.74) is 5.05. The number of carboxylic acid groups (broad SMARTS) is 1. The molecule has 6 nitrogen and oxygen atoms in total. The Morgan fingerprint density at radius 1 is 1.22 bits per heavy atom. The molecule has 1 aromatic heterocycles. The lowest BCUT2D eigenvalue weighted by Gasteiger charge is -2.50. The van der Waals surface area contributed by atoms with Crippen LogP contribution in [0.3, 0.4) is 0 Å². The molecule has 6 rings (SSSR count). The number of aliphatic hydroxyl groups is 1. The van der Waals surface area contributed by atoms with E-state index in [9.17, 15) is 15.0 Å². The number of rotatable bonds is 9. The Morgan fingerprint density at radius 2 is 2.02 bits per heavy atom. The molecule has 41 heavy (non-hydrogen) atoms. The molecule has 2 N–H and O–H groups in total. The maximum atomic E-state index is 12.0. The summed E-state index contributed by atoms with van der Waals surface area (Å²) < 4.78 is 5.53. The summed E-state index contributed by atoms with van der Waals surface area (Å²) in [7, 11) is 1.64. The molecule has 3 fully saturated rings. The first-order valence-corrected chi connectivity index (χ1v) is 14.3. The Labute approximate surface area is 242 Å². The highest BCUT2D eigenvalue weighted by Crippen LogP contribution is 2.43. The van der Waals surface area contributed by atoms with Crippen molar-refractivity contribution in [3.05, 3.63) is 95.7 Å². The van der Waals surface area contributed by atoms with Crippen molar-refractivity contribution in [2.24, 2.45) is 17.8 Å². The number of hydrogen-bond donors (Lipinski definition) is 2. The van der Waals surface area contributed by atoms with E-state index in [1.165, 1.54) is 0 Å². The van der Waals surface area contributed by atoms with Crippen molar-refractivity contribution >= 4 is 16.9 Å². The number of aliphatic hydroxyl groups excluding tert-OH is 1. The predicted molar refractivity (Wildman–Crippen MR) is 162 cm³/mol. The highest BCUT2D eigenvalue weighted by atomic mass is 16.5. The van der Waals surface area contributed by atoms with E-state index in [4.69, 9.17) is 4.74 Å². The van der Waals surface area contributed by atoms with Gasteiger partial charge < -0.3 is 14.9 Å². The number of allylic oxidation sites excluding steroid dienone is 1. The van der Waals surface area contributed by atoms with Gasteiger partial charge in [0.2, 0.25) is 0 Å². The second-order valence-electron chi connectivity index (χ2n) is 11.3. The van der Waals surface area contributed by atoms with Crippen molar-refractivity contribution < 1.29 is 19.7 Å². The molecule has 0 spiro atoms. The van der Waals surface area contributed by atoms with Gasteiger partial charge in [0.15, 0.2) is 0 Å². The zero-order valence-electron chi connectivity index (χ0n) is 23.8. The number of aliphatic carboxylic acids is 1. The van der Waals surface area contributed by atoms with E-state index >= 15 is 0 Å². The van der Waals surface area contributed by atoms with Crippen LogP contribution in [0, 0.1) is 29.6 Å². The minimum absolute atomic E-state index is 0.00543. The lowest BCUT2D eigenvalue weighted by Crippen LogP contribution is -2.54. The fraction of sp³-hybridized carbons (Fsp3) is 0.371. The van der Waals surface area contributed by atoms with Crippen LogP contribution in [0.4, 0.5) is 0 Å². The van der Waals surface area contributed by atoms with E-state index in [0.29, 0.717) is 36.0 Å². The zero-order chi connectivity index (χ0) is 29.1. The minimum atomic E-state index is -0.812. The molecule has 0 amide bonds. The monoisotopic (exact) mass is 550 g/mol. The molecule has 2 bridgehead atoms. The van der Waals surface area contributed by atoms with Crippen LogP contribution in [0.25, 0.3) is 10.9 Å². The first-order valence-electron chi connectivity index (χ1n) is 14.3.